The molecule has 1 fully saturated rings. The number of ether oxygens (including phenoxy) is 3. The van der Waals surface area contributed by atoms with Crippen LogP contribution < -0.4 is 19.1 Å². The van der Waals surface area contributed by atoms with Crippen LogP contribution in [0, 0.1) is 0 Å². The van der Waals surface area contributed by atoms with Crippen molar-refractivity contribution in [3.05, 3.63) is 59.2 Å². The first-order valence-electron chi connectivity index (χ1n) is 9.59. The van der Waals surface area contributed by atoms with Crippen molar-refractivity contribution in [3.63, 3.8) is 0 Å². The Morgan fingerprint density at radius 3 is 2.25 bits per heavy atom. The first-order chi connectivity index (χ1) is 13.6. The van der Waals surface area contributed by atoms with E-state index in [4.69, 9.17) is 14.2 Å². The zero-order chi connectivity index (χ0) is 19.9. The van der Waals surface area contributed by atoms with Crippen molar-refractivity contribution in [2.24, 2.45) is 0 Å². The fourth-order valence-corrected chi connectivity index (χ4v) is 3.58. The van der Waals surface area contributed by atoms with E-state index in [1.807, 2.05) is 30.3 Å². The fourth-order valence-electron chi connectivity index (χ4n) is 3.58. The van der Waals surface area contributed by atoms with Gasteiger partial charge in [-0.05, 0) is 42.0 Å². The Morgan fingerprint density at radius 2 is 1.64 bits per heavy atom. The number of benzene rings is 2. The van der Waals surface area contributed by atoms with Crippen molar-refractivity contribution >= 4 is 11.9 Å². The zero-order valence-electron chi connectivity index (χ0n) is 16.8. The molecule has 1 aliphatic heterocycles. The number of hydrogen-bond donors (Lipinski definition) is 1. The molecule has 1 aliphatic rings. The van der Waals surface area contributed by atoms with Crippen LogP contribution >= 0.6 is 0 Å². The number of rotatable bonds is 8. The van der Waals surface area contributed by atoms with Crippen LogP contribution in [-0.4, -0.2) is 40.2 Å². The topological polar surface area (TPSA) is 49.2 Å². The Hall–Kier alpha value is -2.79. The maximum absolute atomic E-state index is 12.7. The molecular weight excluding hydrogens is 354 g/mol. The largest absolute Gasteiger partial charge is 0.497 e. The average Bonchev–Trinajstić information content (AvgIpc) is 3.24. The quantitative estimate of drug-likeness (QED) is 0.563. The van der Waals surface area contributed by atoms with Gasteiger partial charge in [0.1, 0.15) is 23.8 Å². The van der Waals surface area contributed by atoms with Gasteiger partial charge in [-0.25, -0.2) is 0 Å². The van der Waals surface area contributed by atoms with E-state index in [0.717, 1.165) is 23.4 Å². The molecule has 1 saturated heterocycles. The van der Waals surface area contributed by atoms with Gasteiger partial charge in [-0.3, -0.25) is 4.79 Å². The van der Waals surface area contributed by atoms with Crippen LogP contribution in [0.2, 0.25) is 0 Å². The molecular formula is C23H28NO4+. The Morgan fingerprint density at radius 1 is 0.964 bits per heavy atom. The molecule has 1 heterocycles. The smallest absolute Gasteiger partial charge is 0.185 e. The standard InChI is InChI=1S/C23H27NO4/c1-26-20-12-17(13-21(15-20)27-2)6-8-22(25)18-7-9-23(28-3)19(14-18)16-24-10-4-5-11-24/h6-9,12-15H,4-5,10-11,16H2,1-3H3/p+1/b8-6+. The number of carbonyl (C=O) groups is 1. The molecule has 28 heavy (non-hydrogen) atoms. The second-order valence-corrected chi connectivity index (χ2v) is 7.00. The normalized spacial score (nSPS) is 14.4. The van der Waals surface area contributed by atoms with E-state index < -0.39 is 0 Å². The first kappa shape index (κ1) is 20.0. The second kappa shape index (κ2) is 9.42. The van der Waals surface area contributed by atoms with Crippen LogP contribution in [0.3, 0.4) is 0 Å². The van der Waals surface area contributed by atoms with Crippen LogP contribution in [0.25, 0.3) is 6.08 Å². The van der Waals surface area contributed by atoms with E-state index in [1.165, 1.54) is 25.9 Å². The number of nitrogens with one attached hydrogen (secondary N) is 1. The molecule has 0 aliphatic carbocycles. The summed E-state index contributed by atoms with van der Waals surface area (Å²) in [5, 5.41) is 0. The predicted octanol–water partition coefficient (Wildman–Crippen LogP) is 2.79. The first-order valence-corrected chi connectivity index (χ1v) is 9.59. The van der Waals surface area contributed by atoms with E-state index in [-0.39, 0.29) is 5.78 Å². The number of carbonyl (C=O) groups excluding carboxylic acids is 1. The SMILES string of the molecule is COc1cc(/C=C/C(=O)c2ccc(OC)c(C[NH+]3CCCC3)c2)cc(OC)c1. The van der Waals surface area contributed by atoms with Gasteiger partial charge in [0, 0.05) is 30.0 Å². The number of quaternary nitrogens is 1. The zero-order valence-corrected chi connectivity index (χ0v) is 16.8. The van der Waals surface area contributed by atoms with Gasteiger partial charge in [-0.2, -0.15) is 0 Å². The van der Waals surface area contributed by atoms with E-state index in [1.54, 1.807) is 44.4 Å². The highest BCUT2D eigenvalue weighted by atomic mass is 16.5. The van der Waals surface area contributed by atoms with Crippen LogP contribution in [0.15, 0.2) is 42.5 Å². The van der Waals surface area contributed by atoms with Crippen molar-refractivity contribution < 1.29 is 23.9 Å². The molecule has 1 N–H and O–H groups in total. The molecule has 0 unspecified atom stereocenters. The number of likely N-dealkylation sites (tertiary alicyclic amines) is 1. The van der Waals surface area contributed by atoms with Gasteiger partial charge in [0.25, 0.3) is 0 Å². The van der Waals surface area contributed by atoms with Crippen molar-refractivity contribution in [1.29, 1.82) is 0 Å². The van der Waals surface area contributed by atoms with E-state index in [9.17, 15) is 4.79 Å². The fraction of sp³-hybridized carbons (Fsp3) is 0.348. The van der Waals surface area contributed by atoms with Gasteiger partial charge in [-0.1, -0.05) is 6.08 Å². The highest BCUT2D eigenvalue weighted by Crippen LogP contribution is 2.24. The van der Waals surface area contributed by atoms with E-state index >= 15 is 0 Å². The molecule has 0 atom stereocenters. The number of methoxy groups -OCH3 is 3. The lowest BCUT2D eigenvalue weighted by Crippen LogP contribution is -3.08. The van der Waals surface area contributed by atoms with Crippen molar-refractivity contribution in [2.45, 2.75) is 19.4 Å². The summed E-state index contributed by atoms with van der Waals surface area (Å²) in [4.78, 5) is 14.3. The molecule has 2 aromatic rings. The molecule has 5 nitrogen and oxygen atoms in total. The molecule has 148 valence electrons. The minimum atomic E-state index is -0.0397. The summed E-state index contributed by atoms with van der Waals surface area (Å²) in [5.41, 5.74) is 2.60. The average molecular weight is 382 g/mol. The Bertz CT molecular complexity index is 831. The lowest BCUT2D eigenvalue weighted by Gasteiger charge is -2.15. The highest BCUT2D eigenvalue weighted by molar-refractivity contribution is 6.07. The molecule has 0 spiro atoms. The predicted molar refractivity (Wildman–Crippen MR) is 110 cm³/mol. The Labute approximate surface area is 166 Å². The van der Waals surface area contributed by atoms with Gasteiger partial charge in [-0.15, -0.1) is 0 Å². The summed E-state index contributed by atoms with van der Waals surface area (Å²) in [6.07, 6.45) is 5.90. The minimum Gasteiger partial charge on any atom is -0.497 e. The maximum atomic E-state index is 12.7. The Kier molecular flexibility index (Phi) is 6.71. The highest BCUT2D eigenvalue weighted by Gasteiger charge is 2.18. The third-order valence-electron chi connectivity index (χ3n) is 5.12. The van der Waals surface area contributed by atoms with Crippen LogP contribution in [0.4, 0.5) is 0 Å². The Balaban J connectivity index is 1.79. The van der Waals surface area contributed by atoms with Gasteiger partial charge < -0.3 is 19.1 Å². The van der Waals surface area contributed by atoms with Crippen molar-refractivity contribution in [1.82, 2.24) is 0 Å². The van der Waals surface area contributed by atoms with Crippen LogP contribution in [0.5, 0.6) is 17.2 Å². The van der Waals surface area contributed by atoms with E-state index in [2.05, 4.69) is 0 Å². The molecule has 0 amide bonds. The summed E-state index contributed by atoms with van der Waals surface area (Å²) < 4.78 is 16.1. The van der Waals surface area contributed by atoms with Crippen molar-refractivity contribution in [2.75, 3.05) is 34.4 Å². The second-order valence-electron chi connectivity index (χ2n) is 7.00. The lowest BCUT2D eigenvalue weighted by molar-refractivity contribution is -0.901. The molecule has 0 radical (unpaired) electrons. The van der Waals surface area contributed by atoms with Gasteiger partial charge in [0.15, 0.2) is 5.78 Å². The maximum Gasteiger partial charge on any atom is 0.185 e. The summed E-state index contributed by atoms with van der Waals surface area (Å²) in [7, 11) is 4.89. The van der Waals surface area contributed by atoms with Crippen molar-refractivity contribution in [3.8, 4) is 17.2 Å². The molecule has 5 heteroatoms. The molecule has 3 rings (SSSR count). The summed E-state index contributed by atoms with van der Waals surface area (Å²) in [6, 6.07) is 11.2. The van der Waals surface area contributed by atoms with Crippen LogP contribution in [0.1, 0.15) is 34.3 Å². The molecule has 0 bridgehead atoms. The monoisotopic (exact) mass is 382 g/mol. The molecule has 0 aromatic heterocycles. The van der Waals surface area contributed by atoms with Crippen LogP contribution in [-0.2, 0) is 6.54 Å². The summed E-state index contributed by atoms with van der Waals surface area (Å²) >= 11 is 0. The number of hydrogen-bond acceptors (Lipinski definition) is 4. The lowest BCUT2D eigenvalue weighted by atomic mass is 10.0. The minimum absolute atomic E-state index is 0.0397. The van der Waals surface area contributed by atoms with Gasteiger partial charge in [0.2, 0.25) is 0 Å². The number of ketones is 1. The third-order valence-corrected chi connectivity index (χ3v) is 5.12. The summed E-state index contributed by atoms with van der Waals surface area (Å²) in [5.74, 6) is 2.18. The number of allylic oxidation sites excluding steroid dienone is 1. The third kappa shape index (κ3) is 4.93. The van der Waals surface area contributed by atoms with Gasteiger partial charge >= 0.3 is 0 Å². The summed E-state index contributed by atoms with van der Waals surface area (Å²) in [6.45, 7) is 3.25. The van der Waals surface area contributed by atoms with Gasteiger partial charge in [0.05, 0.1) is 34.4 Å². The molecule has 2 aromatic carbocycles. The van der Waals surface area contributed by atoms with E-state index in [0.29, 0.717) is 17.1 Å². The molecule has 0 saturated carbocycles.